The van der Waals surface area contributed by atoms with Gasteiger partial charge in [-0.3, -0.25) is 0 Å². The van der Waals surface area contributed by atoms with Gasteiger partial charge >= 0.3 is 0 Å². The molecule has 1 atom stereocenters. The van der Waals surface area contributed by atoms with Crippen LogP contribution in [-0.2, 0) is 0 Å². The minimum atomic E-state index is 0.156. The molecule has 1 heterocycles. The van der Waals surface area contributed by atoms with Crippen molar-refractivity contribution in [3.8, 4) is 0 Å². The summed E-state index contributed by atoms with van der Waals surface area (Å²) in [6.45, 7) is 6.42. The lowest BCUT2D eigenvalue weighted by Crippen LogP contribution is -2.18. The number of hydrogen-bond acceptors (Lipinski definition) is 2. The first-order chi connectivity index (χ1) is 9.08. The number of nitrogens with zero attached hydrogens (tertiary/aromatic N) is 1. The highest BCUT2D eigenvalue weighted by Gasteiger charge is 2.18. The fraction of sp³-hybridized carbons (Fsp3) is 0.312. The smallest absolute Gasteiger partial charge is 0.126 e. The minimum absolute atomic E-state index is 0.156. The fourth-order valence-corrected chi connectivity index (χ4v) is 2.36. The topological polar surface area (TPSA) is 24.9 Å². The summed E-state index contributed by atoms with van der Waals surface area (Å²) in [5.74, 6) is 1.31. The third-order valence-corrected chi connectivity index (χ3v) is 3.47. The molecular formula is C16H19ClN2. The van der Waals surface area contributed by atoms with Crippen LogP contribution in [0.25, 0.3) is 0 Å². The van der Waals surface area contributed by atoms with Crippen molar-refractivity contribution in [2.45, 2.75) is 26.8 Å². The predicted octanol–water partition coefficient (Wildman–Crippen LogP) is 4.85. The molecule has 100 valence electrons. The maximum Gasteiger partial charge on any atom is 0.126 e. The van der Waals surface area contributed by atoms with Crippen LogP contribution in [0, 0.1) is 12.8 Å². The Morgan fingerprint density at radius 1 is 1.16 bits per heavy atom. The lowest BCUT2D eigenvalue weighted by molar-refractivity contribution is 0.545. The standard InChI is InChI=1S/C16H19ClN2/c1-11(2)16(13-6-4-5-7-14(13)17)19-15-10-12(3)8-9-18-15/h4-11,16H,1-3H3,(H,18,19). The highest BCUT2D eigenvalue weighted by atomic mass is 35.5. The normalized spacial score (nSPS) is 12.5. The number of halogens is 1. The third-order valence-electron chi connectivity index (χ3n) is 3.13. The zero-order valence-corrected chi connectivity index (χ0v) is 12.3. The average molecular weight is 275 g/mol. The van der Waals surface area contributed by atoms with Gasteiger partial charge in [-0.25, -0.2) is 4.98 Å². The predicted molar refractivity (Wildman–Crippen MR) is 81.6 cm³/mol. The van der Waals surface area contributed by atoms with Gasteiger partial charge in [0, 0.05) is 11.2 Å². The zero-order chi connectivity index (χ0) is 13.8. The Bertz CT molecular complexity index is 552. The van der Waals surface area contributed by atoms with Crippen molar-refractivity contribution in [1.29, 1.82) is 0 Å². The summed E-state index contributed by atoms with van der Waals surface area (Å²) in [5.41, 5.74) is 2.31. The van der Waals surface area contributed by atoms with Gasteiger partial charge < -0.3 is 5.32 Å². The number of aryl methyl sites for hydroxylation is 1. The first kappa shape index (κ1) is 13.9. The van der Waals surface area contributed by atoms with Gasteiger partial charge in [-0.15, -0.1) is 0 Å². The first-order valence-electron chi connectivity index (χ1n) is 6.51. The Kier molecular flexibility index (Phi) is 4.43. The van der Waals surface area contributed by atoms with Crippen molar-refractivity contribution < 1.29 is 0 Å². The molecule has 0 saturated carbocycles. The Morgan fingerprint density at radius 3 is 2.53 bits per heavy atom. The molecule has 2 nitrogen and oxygen atoms in total. The second-order valence-electron chi connectivity index (χ2n) is 5.11. The average Bonchev–Trinajstić information content (AvgIpc) is 2.37. The number of benzene rings is 1. The largest absolute Gasteiger partial charge is 0.363 e. The molecule has 0 amide bonds. The van der Waals surface area contributed by atoms with Gasteiger partial charge in [0.25, 0.3) is 0 Å². The maximum atomic E-state index is 6.30. The van der Waals surface area contributed by atoms with Crippen LogP contribution < -0.4 is 5.32 Å². The summed E-state index contributed by atoms with van der Waals surface area (Å²) >= 11 is 6.30. The number of rotatable bonds is 4. The van der Waals surface area contributed by atoms with Crippen LogP contribution in [0.5, 0.6) is 0 Å². The second kappa shape index (κ2) is 6.07. The summed E-state index contributed by atoms with van der Waals surface area (Å²) < 4.78 is 0. The summed E-state index contributed by atoms with van der Waals surface area (Å²) in [4.78, 5) is 4.36. The van der Waals surface area contributed by atoms with Gasteiger partial charge in [-0.2, -0.15) is 0 Å². The second-order valence-corrected chi connectivity index (χ2v) is 5.51. The molecule has 0 radical (unpaired) electrons. The van der Waals surface area contributed by atoms with Gasteiger partial charge in [0.1, 0.15) is 5.82 Å². The Morgan fingerprint density at radius 2 is 1.89 bits per heavy atom. The molecule has 1 aromatic carbocycles. The highest BCUT2D eigenvalue weighted by molar-refractivity contribution is 6.31. The molecule has 0 bridgehead atoms. The van der Waals surface area contributed by atoms with Crippen LogP contribution in [0.2, 0.25) is 5.02 Å². The number of anilines is 1. The number of pyridine rings is 1. The van der Waals surface area contributed by atoms with Crippen LogP contribution in [-0.4, -0.2) is 4.98 Å². The van der Waals surface area contributed by atoms with Crippen molar-refractivity contribution in [1.82, 2.24) is 4.98 Å². The summed E-state index contributed by atoms with van der Waals surface area (Å²) in [5, 5.41) is 4.27. The summed E-state index contributed by atoms with van der Waals surface area (Å²) in [6.07, 6.45) is 1.82. The maximum absolute atomic E-state index is 6.30. The monoisotopic (exact) mass is 274 g/mol. The SMILES string of the molecule is Cc1ccnc(NC(c2ccccc2Cl)C(C)C)c1. The quantitative estimate of drug-likeness (QED) is 0.862. The molecule has 0 aliphatic rings. The molecule has 0 spiro atoms. The van der Waals surface area contributed by atoms with E-state index in [0.717, 1.165) is 16.4 Å². The fourth-order valence-electron chi connectivity index (χ4n) is 2.11. The Labute approximate surface area is 119 Å². The zero-order valence-electron chi connectivity index (χ0n) is 11.5. The highest BCUT2D eigenvalue weighted by Crippen LogP contribution is 2.30. The van der Waals surface area contributed by atoms with Gasteiger partial charge in [0.15, 0.2) is 0 Å². The molecule has 1 N–H and O–H groups in total. The lowest BCUT2D eigenvalue weighted by atomic mass is 9.96. The summed E-state index contributed by atoms with van der Waals surface area (Å²) in [7, 11) is 0. The van der Waals surface area contributed by atoms with Crippen LogP contribution in [0.15, 0.2) is 42.6 Å². The van der Waals surface area contributed by atoms with Crippen LogP contribution in [0.1, 0.15) is 31.0 Å². The van der Waals surface area contributed by atoms with Crippen LogP contribution in [0.4, 0.5) is 5.82 Å². The molecule has 0 saturated heterocycles. The van der Waals surface area contributed by atoms with E-state index in [1.807, 2.05) is 36.5 Å². The molecule has 2 rings (SSSR count). The molecule has 1 unspecified atom stereocenters. The molecule has 0 aliphatic heterocycles. The van der Waals surface area contributed by atoms with E-state index in [1.165, 1.54) is 5.56 Å². The minimum Gasteiger partial charge on any atom is -0.363 e. The molecule has 1 aromatic heterocycles. The third kappa shape index (κ3) is 3.48. The van der Waals surface area contributed by atoms with E-state index in [1.54, 1.807) is 0 Å². The Balaban J connectivity index is 2.29. The Hall–Kier alpha value is -1.54. The van der Waals surface area contributed by atoms with E-state index in [0.29, 0.717) is 5.92 Å². The van der Waals surface area contributed by atoms with E-state index in [-0.39, 0.29) is 6.04 Å². The van der Waals surface area contributed by atoms with Crippen LogP contribution >= 0.6 is 11.6 Å². The van der Waals surface area contributed by atoms with E-state index < -0.39 is 0 Å². The molecule has 3 heteroatoms. The van der Waals surface area contributed by atoms with E-state index in [2.05, 4.69) is 37.1 Å². The van der Waals surface area contributed by atoms with Gasteiger partial charge in [0.05, 0.1) is 6.04 Å². The lowest BCUT2D eigenvalue weighted by Gasteiger charge is -2.24. The van der Waals surface area contributed by atoms with Gasteiger partial charge in [-0.1, -0.05) is 43.6 Å². The van der Waals surface area contributed by atoms with Crippen molar-refractivity contribution in [2.24, 2.45) is 5.92 Å². The van der Waals surface area contributed by atoms with E-state index >= 15 is 0 Å². The molecular weight excluding hydrogens is 256 g/mol. The number of hydrogen-bond donors (Lipinski definition) is 1. The first-order valence-corrected chi connectivity index (χ1v) is 6.89. The molecule has 2 aromatic rings. The van der Waals surface area contributed by atoms with Crippen molar-refractivity contribution >= 4 is 17.4 Å². The van der Waals surface area contributed by atoms with Crippen molar-refractivity contribution in [2.75, 3.05) is 5.32 Å². The molecule has 0 aliphatic carbocycles. The van der Waals surface area contributed by atoms with Gasteiger partial charge in [0.2, 0.25) is 0 Å². The molecule has 19 heavy (non-hydrogen) atoms. The van der Waals surface area contributed by atoms with Gasteiger partial charge in [-0.05, 0) is 42.2 Å². The number of aromatic nitrogens is 1. The number of nitrogens with one attached hydrogen (secondary N) is 1. The van der Waals surface area contributed by atoms with Crippen LogP contribution in [0.3, 0.4) is 0 Å². The summed E-state index contributed by atoms with van der Waals surface area (Å²) in [6, 6.07) is 12.2. The molecule has 0 fully saturated rings. The van der Waals surface area contributed by atoms with E-state index in [9.17, 15) is 0 Å². The van der Waals surface area contributed by atoms with E-state index in [4.69, 9.17) is 11.6 Å². The van der Waals surface area contributed by atoms with Crippen molar-refractivity contribution in [3.63, 3.8) is 0 Å². The van der Waals surface area contributed by atoms with Crippen molar-refractivity contribution in [3.05, 3.63) is 58.7 Å².